The number of aromatic carboxylic acids is 1. The summed E-state index contributed by atoms with van der Waals surface area (Å²) in [6, 6.07) is 15.8. The van der Waals surface area contributed by atoms with Crippen molar-refractivity contribution in [2.45, 2.75) is 45.4 Å². The molecule has 16 heteroatoms. The number of rotatable bonds is 13. The molecule has 0 spiro atoms. The molecule has 2 N–H and O–H groups in total. The molecule has 2 aromatic carbocycles. The van der Waals surface area contributed by atoms with E-state index < -0.39 is 33.9 Å². The van der Waals surface area contributed by atoms with E-state index in [0.717, 1.165) is 76.2 Å². The molecule has 4 heterocycles. The highest BCUT2D eigenvalue weighted by atomic mass is 32.2. The number of unbranched alkanes of at least 4 members (excludes halogenated alkanes) is 2. The van der Waals surface area contributed by atoms with Crippen molar-refractivity contribution >= 4 is 50.5 Å². The van der Waals surface area contributed by atoms with Gasteiger partial charge in [0.2, 0.25) is 5.36 Å². The number of imide groups is 1. The average molecular weight is 803 g/mol. The lowest BCUT2D eigenvalue weighted by molar-refractivity contribution is -0.172. The summed E-state index contributed by atoms with van der Waals surface area (Å²) in [5.41, 5.74) is 2.77. The van der Waals surface area contributed by atoms with E-state index in [2.05, 4.69) is 26.2 Å². The Labute approximate surface area is 330 Å². The SMILES string of the molecule is CCCCN1CC[N+](=c2ccc3c(-c4cc(C(=O)ON5C(=O)CCC5=O)ccc4C(=O)O)c4ccc(N5CCN(CCCCS(=O)(=O)O)CC5)cc4oc-3c2)CC1. The van der Waals surface area contributed by atoms with Gasteiger partial charge in [0.1, 0.15) is 11.3 Å². The number of amides is 2. The first-order valence-electron chi connectivity index (χ1n) is 19.6. The Morgan fingerprint density at radius 2 is 1.53 bits per heavy atom. The molecule has 1 aliphatic carbocycles. The molecule has 2 aromatic rings. The van der Waals surface area contributed by atoms with Crippen LogP contribution in [0, 0.1) is 0 Å². The first-order valence-corrected chi connectivity index (χ1v) is 21.2. The maximum atomic E-state index is 13.4. The standard InChI is InChI=1S/C41H47N5O10S/c1-2-3-14-42-16-20-44(21-17-42)29-7-10-32-35(26-29)55-36-27-30(45-22-18-43(19-23-45)15-4-5-24-57(52,53)54)8-11-33(36)39(32)34-25-28(6-9-31(34)40(49)50)41(51)56-46-37(47)12-13-38(46)48/h6-11,25-27H,2-5,12-24H2,1H3,(H-,49,50,52,53,54)/p+1. The van der Waals surface area contributed by atoms with Crippen LogP contribution in [0.1, 0.15) is 66.2 Å². The minimum absolute atomic E-state index is 0.0327. The van der Waals surface area contributed by atoms with Crippen molar-refractivity contribution in [1.82, 2.24) is 19.4 Å². The van der Waals surface area contributed by atoms with Gasteiger partial charge in [0.25, 0.3) is 21.9 Å². The number of piperazine rings is 2. The highest BCUT2D eigenvalue weighted by molar-refractivity contribution is 7.85. The zero-order chi connectivity index (χ0) is 40.3. The fourth-order valence-electron chi connectivity index (χ4n) is 7.87. The van der Waals surface area contributed by atoms with Crippen LogP contribution in [0.2, 0.25) is 0 Å². The number of carboxylic acids is 1. The number of benzene rings is 3. The molecule has 4 aliphatic heterocycles. The van der Waals surface area contributed by atoms with E-state index in [4.69, 9.17) is 13.8 Å². The van der Waals surface area contributed by atoms with E-state index in [-0.39, 0.29) is 35.3 Å². The number of hydroxylamine groups is 2. The maximum Gasteiger partial charge on any atom is 0.363 e. The lowest BCUT2D eigenvalue weighted by Crippen LogP contribution is -2.48. The molecule has 0 atom stereocenters. The van der Waals surface area contributed by atoms with E-state index in [0.29, 0.717) is 58.9 Å². The molecule has 3 saturated heterocycles. The predicted molar refractivity (Wildman–Crippen MR) is 212 cm³/mol. The molecule has 7 rings (SSSR count). The molecule has 0 radical (unpaired) electrons. The van der Waals surface area contributed by atoms with Gasteiger partial charge < -0.3 is 19.3 Å². The van der Waals surface area contributed by atoms with E-state index in [1.165, 1.54) is 18.2 Å². The lowest BCUT2D eigenvalue weighted by atomic mass is 9.89. The van der Waals surface area contributed by atoms with Crippen molar-refractivity contribution < 1.29 is 46.5 Å². The summed E-state index contributed by atoms with van der Waals surface area (Å²) in [6.45, 7) is 10.5. The van der Waals surface area contributed by atoms with Gasteiger partial charge in [-0.2, -0.15) is 8.42 Å². The lowest BCUT2D eigenvalue weighted by Gasteiger charge is -2.36. The largest absolute Gasteiger partial charge is 0.478 e. The van der Waals surface area contributed by atoms with Crippen LogP contribution >= 0.6 is 0 Å². The van der Waals surface area contributed by atoms with Gasteiger partial charge in [-0.1, -0.05) is 13.3 Å². The Balaban J connectivity index is 1.27. The second-order valence-electron chi connectivity index (χ2n) is 14.9. The van der Waals surface area contributed by atoms with Crippen molar-refractivity contribution in [2.24, 2.45) is 0 Å². The van der Waals surface area contributed by atoms with E-state index in [1.807, 2.05) is 36.4 Å². The molecule has 0 saturated carbocycles. The summed E-state index contributed by atoms with van der Waals surface area (Å²) in [5, 5.41) is 12.5. The van der Waals surface area contributed by atoms with Crippen molar-refractivity contribution in [3.8, 4) is 22.5 Å². The van der Waals surface area contributed by atoms with Gasteiger partial charge in [0, 0.05) is 73.4 Å². The van der Waals surface area contributed by atoms with Crippen LogP contribution < -0.4 is 14.8 Å². The number of carbonyl (C=O) groups is 4. The molecule has 5 aliphatic rings. The van der Waals surface area contributed by atoms with Crippen LogP contribution in [0.15, 0.2) is 59.0 Å². The molecule has 0 bridgehead atoms. The van der Waals surface area contributed by atoms with Crippen molar-refractivity contribution in [1.29, 1.82) is 0 Å². The molecule has 0 unspecified atom stereocenters. The van der Waals surface area contributed by atoms with Crippen molar-refractivity contribution in [3.63, 3.8) is 0 Å². The predicted octanol–water partition coefficient (Wildman–Crippen LogP) is 3.80. The van der Waals surface area contributed by atoms with Crippen LogP contribution in [0.3, 0.4) is 0 Å². The second kappa shape index (κ2) is 17.1. The van der Waals surface area contributed by atoms with Crippen LogP contribution in [0.4, 0.5) is 5.69 Å². The topological polar surface area (TPSA) is 181 Å². The monoisotopic (exact) mass is 802 g/mol. The number of anilines is 1. The number of hydrogen-bond acceptors (Lipinski definition) is 11. The molecule has 15 nitrogen and oxygen atoms in total. The number of hydrogen-bond donors (Lipinski definition) is 2. The quantitative estimate of drug-likeness (QED) is 0.0656. The Morgan fingerprint density at radius 3 is 2.21 bits per heavy atom. The summed E-state index contributed by atoms with van der Waals surface area (Å²) < 4.78 is 40.3. The van der Waals surface area contributed by atoms with Crippen molar-refractivity contribution in [3.05, 3.63) is 71.1 Å². The summed E-state index contributed by atoms with van der Waals surface area (Å²) in [6.07, 6.45) is 3.24. The molecular formula is C41H48N5O10S+. The molecule has 3 fully saturated rings. The first kappa shape index (κ1) is 40.1. The summed E-state index contributed by atoms with van der Waals surface area (Å²) in [7, 11) is -3.97. The van der Waals surface area contributed by atoms with Gasteiger partial charge in [0.05, 0.1) is 36.0 Å². The van der Waals surface area contributed by atoms with Gasteiger partial charge >= 0.3 is 11.9 Å². The Kier molecular flexibility index (Phi) is 12.0. The second-order valence-corrected chi connectivity index (χ2v) is 16.4. The van der Waals surface area contributed by atoms with E-state index >= 15 is 0 Å². The van der Waals surface area contributed by atoms with Gasteiger partial charge in [0.15, 0.2) is 13.1 Å². The van der Waals surface area contributed by atoms with Gasteiger partial charge in [-0.3, -0.25) is 23.9 Å². The third-order valence-electron chi connectivity index (χ3n) is 11.1. The molecule has 2 amide bonds. The van der Waals surface area contributed by atoms with Crippen molar-refractivity contribution in [2.75, 3.05) is 76.1 Å². The van der Waals surface area contributed by atoms with Gasteiger partial charge in [-0.25, -0.2) is 14.2 Å². The van der Waals surface area contributed by atoms with Crippen LogP contribution in [0.25, 0.3) is 33.4 Å². The fourth-order valence-corrected chi connectivity index (χ4v) is 8.44. The highest BCUT2D eigenvalue weighted by Gasteiger charge is 2.34. The third kappa shape index (κ3) is 9.20. The summed E-state index contributed by atoms with van der Waals surface area (Å²) in [5.74, 6) is -3.13. The van der Waals surface area contributed by atoms with Crippen LogP contribution in [0.5, 0.6) is 0 Å². The number of nitrogens with zero attached hydrogens (tertiary/aromatic N) is 5. The normalized spacial score (nSPS) is 17.3. The fraction of sp³-hybridized carbons (Fsp3) is 0.439. The minimum atomic E-state index is -3.97. The first-order chi connectivity index (χ1) is 27.4. The number of carbonyl (C=O) groups excluding carboxylic acids is 3. The van der Waals surface area contributed by atoms with Crippen LogP contribution in [-0.4, -0.2) is 128 Å². The van der Waals surface area contributed by atoms with E-state index in [1.54, 1.807) is 0 Å². The third-order valence-corrected chi connectivity index (χ3v) is 11.9. The van der Waals surface area contributed by atoms with Crippen LogP contribution in [-0.2, 0) is 24.5 Å². The zero-order valence-corrected chi connectivity index (χ0v) is 32.8. The average Bonchev–Trinajstić information content (AvgIpc) is 3.52. The Hall–Kier alpha value is -5.16. The highest BCUT2D eigenvalue weighted by Crippen LogP contribution is 2.42. The summed E-state index contributed by atoms with van der Waals surface area (Å²) in [4.78, 5) is 62.8. The Bertz CT molecular complexity index is 2330. The smallest absolute Gasteiger partial charge is 0.363 e. The molecule has 302 valence electrons. The molecular weight excluding hydrogens is 755 g/mol. The van der Waals surface area contributed by atoms with Gasteiger partial charge in [-0.05, 0) is 74.3 Å². The Morgan fingerprint density at radius 1 is 0.825 bits per heavy atom. The van der Waals surface area contributed by atoms with Gasteiger partial charge in [-0.15, -0.1) is 5.06 Å². The maximum absolute atomic E-state index is 13.4. The molecule has 57 heavy (non-hydrogen) atoms. The van der Waals surface area contributed by atoms with E-state index in [9.17, 15) is 32.7 Å². The molecule has 0 aromatic heterocycles. The number of carboxylic acid groups (broad SMARTS) is 1. The minimum Gasteiger partial charge on any atom is -0.478 e. The zero-order valence-electron chi connectivity index (χ0n) is 32.0. The number of fused-ring (bicyclic) bond motifs is 2. The summed E-state index contributed by atoms with van der Waals surface area (Å²) >= 11 is 0.